The van der Waals surface area contributed by atoms with Crippen molar-refractivity contribution in [2.24, 2.45) is 5.92 Å². The lowest BCUT2D eigenvalue weighted by atomic mass is 10.2. The van der Waals surface area contributed by atoms with E-state index >= 15 is 0 Å². The maximum absolute atomic E-state index is 13.3. The Labute approximate surface area is 173 Å². The van der Waals surface area contributed by atoms with E-state index in [4.69, 9.17) is 19.9 Å². The predicted octanol–water partition coefficient (Wildman–Crippen LogP) is 0.594. The van der Waals surface area contributed by atoms with E-state index in [9.17, 15) is 14.4 Å². The number of rotatable bonds is 7. The van der Waals surface area contributed by atoms with Crippen molar-refractivity contribution in [1.29, 1.82) is 0 Å². The molecular formula is C20H26N4O6. The summed E-state index contributed by atoms with van der Waals surface area (Å²) in [5.74, 6) is 0.458. The van der Waals surface area contributed by atoms with Crippen LogP contribution in [0.3, 0.4) is 0 Å². The van der Waals surface area contributed by atoms with Crippen LogP contribution in [0.25, 0.3) is 0 Å². The van der Waals surface area contributed by atoms with Crippen molar-refractivity contribution in [1.82, 2.24) is 9.55 Å². The van der Waals surface area contributed by atoms with Gasteiger partial charge in [0.25, 0.3) is 11.5 Å². The molecule has 10 nitrogen and oxygen atoms in total. The lowest BCUT2D eigenvalue weighted by molar-refractivity contribution is -0.127. The van der Waals surface area contributed by atoms with Crippen LogP contribution in [0.15, 0.2) is 33.9 Å². The molecule has 0 spiro atoms. The van der Waals surface area contributed by atoms with Crippen LogP contribution in [0.5, 0.6) is 11.5 Å². The number of fused-ring (bicyclic) bond motifs is 1. The van der Waals surface area contributed by atoms with E-state index in [-0.39, 0.29) is 43.7 Å². The fourth-order valence-corrected chi connectivity index (χ4v) is 3.21. The standard InChI is InChI=1S/C20H26N4O6/c1-12(2)10-24-17(21)16(18(25)22-20(24)27)23(8-9-28-3)19(26)15-11-29-13-6-4-5-7-14(13)30-15/h4-7,12,15H,8-11,21H2,1-3H3,(H,22,25,27)/t15-/m0/s1. The minimum Gasteiger partial charge on any atom is -0.485 e. The molecule has 1 aliphatic heterocycles. The number of hydrogen-bond donors (Lipinski definition) is 2. The first kappa shape index (κ1) is 21.4. The second-order valence-corrected chi connectivity index (χ2v) is 7.34. The van der Waals surface area contributed by atoms with Crippen molar-refractivity contribution in [2.45, 2.75) is 26.5 Å². The van der Waals surface area contributed by atoms with Gasteiger partial charge in [-0.1, -0.05) is 26.0 Å². The number of carbonyl (C=O) groups is 1. The third-order valence-corrected chi connectivity index (χ3v) is 4.60. The molecule has 1 aliphatic rings. The van der Waals surface area contributed by atoms with Crippen LogP contribution in [0, 0.1) is 5.92 Å². The number of aromatic amines is 1. The van der Waals surface area contributed by atoms with Gasteiger partial charge in [-0.05, 0) is 18.1 Å². The largest absolute Gasteiger partial charge is 0.485 e. The minimum absolute atomic E-state index is 0.0250. The van der Waals surface area contributed by atoms with Gasteiger partial charge in [-0.25, -0.2) is 4.79 Å². The summed E-state index contributed by atoms with van der Waals surface area (Å²) in [5.41, 5.74) is 4.70. The summed E-state index contributed by atoms with van der Waals surface area (Å²) in [6.07, 6.45) is -0.985. The van der Waals surface area contributed by atoms with Crippen LogP contribution in [0.4, 0.5) is 11.5 Å². The second-order valence-electron chi connectivity index (χ2n) is 7.34. The number of benzene rings is 1. The van der Waals surface area contributed by atoms with Gasteiger partial charge in [-0.15, -0.1) is 0 Å². The number of para-hydroxylation sites is 2. The molecular weight excluding hydrogens is 392 g/mol. The molecule has 1 atom stereocenters. The molecule has 0 unspecified atom stereocenters. The van der Waals surface area contributed by atoms with Crippen molar-refractivity contribution in [3.05, 3.63) is 45.1 Å². The fourth-order valence-electron chi connectivity index (χ4n) is 3.21. The maximum atomic E-state index is 13.3. The van der Waals surface area contributed by atoms with Crippen molar-refractivity contribution in [3.63, 3.8) is 0 Å². The van der Waals surface area contributed by atoms with E-state index in [1.807, 2.05) is 13.8 Å². The maximum Gasteiger partial charge on any atom is 0.330 e. The van der Waals surface area contributed by atoms with Gasteiger partial charge in [0, 0.05) is 20.2 Å². The molecule has 0 fully saturated rings. The molecule has 0 aliphatic carbocycles. The van der Waals surface area contributed by atoms with Crippen LogP contribution >= 0.6 is 0 Å². The van der Waals surface area contributed by atoms with Gasteiger partial charge in [0.15, 0.2) is 17.2 Å². The third kappa shape index (κ3) is 4.33. The first-order valence-electron chi connectivity index (χ1n) is 9.64. The smallest absolute Gasteiger partial charge is 0.330 e. The highest BCUT2D eigenvalue weighted by molar-refractivity contribution is 5.99. The number of amides is 1. The predicted molar refractivity (Wildman–Crippen MR) is 111 cm³/mol. The monoisotopic (exact) mass is 418 g/mol. The highest BCUT2D eigenvalue weighted by Gasteiger charge is 2.34. The summed E-state index contributed by atoms with van der Waals surface area (Å²) < 4.78 is 17.8. The Bertz CT molecular complexity index is 1030. The number of H-pyrrole nitrogens is 1. The molecule has 3 N–H and O–H groups in total. The molecule has 0 radical (unpaired) electrons. The molecule has 1 aromatic carbocycles. The topological polar surface area (TPSA) is 129 Å². The van der Waals surface area contributed by atoms with E-state index in [2.05, 4.69) is 4.98 Å². The van der Waals surface area contributed by atoms with Crippen molar-refractivity contribution < 1.29 is 19.0 Å². The highest BCUT2D eigenvalue weighted by atomic mass is 16.6. The lowest BCUT2D eigenvalue weighted by Crippen LogP contribution is -2.50. The van der Waals surface area contributed by atoms with Gasteiger partial charge in [-0.2, -0.15) is 0 Å². The van der Waals surface area contributed by atoms with Crippen molar-refractivity contribution >= 4 is 17.4 Å². The zero-order chi connectivity index (χ0) is 21.8. The first-order chi connectivity index (χ1) is 14.3. The Morgan fingerprint density at radius 1 is 1.33 bits per heavy atom. The van der Waals surface area contributed by atoms with E-state index < -0.39 is 23.3 Å². The number of methoxy groups -OCH3 is 1. The molecule has 0 bridgehead atoms. The SMILES string of the molecule is COCCN(C(=O)[C@@H]1COc2ccccc2O1)c1c(N)n(CC(C)C)c(=O)[nH]c1=O. The number of carbonyl (C=O) groups excluding carboxylic acids is 1. The summed E-state index contributed by atoms with van der Waals surface area (Å²) in [6, 6.07) is 7.00. The van der Waals surface area contributed by atoms with Crippen LogP contribution in [0.2, 0.25) is 0 Å². The second kappa shape index (κ2) is 9.04. The summed E-state index contributed by atoms with van der Waals surface area (Å²) >= 11 is 0. The summed E-state index contributed by atoms with van der Waals surface area (Å²) in [5, 5.41) is 0. The number of ether oxygens (including phenoxy) is 3. The van der Waals surface area contributed by atoms with Crippen LogP contribution in [-0.2, 0) is 16.1 Å². The van der Waals surface area contributed by atoms with E-state index in [0.717, 1.165) is 0 Å². The number of nitrogens with zero attached hydrogens (tertiary/aromatic N) is 2. The molecule has 2 heterocycles. The van der Waals surface area contributed by atoms with Crippen molar-refractivity contribution in [3.8, 4) is 11.5 Å². The van der Waals surface area contributed by atoms with Gasteiger partial charge >= 0.3 is 5.69 Å². The van der Waals surface area contributed by atoms with Gasteiger partial charge < -0.3 is 19.9 Å². The molecule has 2 aromatic rings. The minimum atomic E-state index is -0.985. The Balaban J connectivity index is 2.00. The molecule has 1 amide bonds. The number of anilines is 2. The molecule has 1 aromatic heterocycles. The van der Waals surface area contributed by atoms with Gasteiger partial charge in [-0.3, -0.25) is 24.0 Å². The fraction of sp³-hybridized carbons (Fsp3) is 0.450. The zero-order valence-electron chi connectivity index (χ0n) is 17.2. The van der Waals surface area contributed by atoms with E-state index in [0.29, 0.717) is 11.5 Å². The number of aromatic nitrogens is 2. The van der Waals surface area contributed by atoms with Gasteiger partial charge in [0.05, 0.1) is 6.61 Å². The highest BCUT2D eigenvalue weighted by Crippen LogP contribution is 2.32. The molecule has 3 rings (SSSR count). The van der Waals surface area contributed by atoms with E-state index in [1.165, 1.54) is 16.6 Å². The third-order valence-electron chi connectivity index (χ3n) is 4.60. The normalized spacial score (nSPS) is 15.3. The molecule has 0 saturated carbocycles. The van der Waals surface area contributed by atoms with Crippen LogP contribution in [0.1, 0.15) is 13.8 Å². The number of nitrogens with two attached hydrogens (primary N) is 1. The quantitative estimate of drug-likeness (QED) is 0.673. The van der Waals surface area contributed by atoms with Crippen molar-refractivity contribution in [2.75, 3.05) is 37.5 Å². The average molecular weight is 418 g/mol. The summed E-state index contributed by atoms with van der Waals surface area (Å²) in [6.45, 7) is 4.28. The average Bonchev–Trinajstić information content (AvgIpc) is 2.72. The Kier molecular flexibility index (Phi) is 6.46. The number of hydrogen-bond acceptors (Lipinski definition) is 7. The summed E-state index contributed by atoms with van der Waals surface area (Å²) in [7, 11) is 1.48. The van der Waals surface area contributed by atoms with Gasteiger partial charge in [0.2, 0.25) is 6.10 Å². The Hall–Kier alpha value is -3.27. The first-order valence-corrected chi connectivity index (χ1v) is 9.64. The molecule has 10 heteroatoms. The number of nitrogen functional groups attached to an aromatic ring is 1. The lowest BCUT2D eigenvalue weighted by Gasteiger charge is -2.31. The van der Waals surface area contributed by atoms with Crippen LogP contribution < -0.4 is 31.4 Å². The molecule has 162 valence electrons. The Morgan fingerprint density at radius 3 is 2.70 bits per heavy atom. The Morgan fingerprint density at radius 2 is 2.03 bits per heavy atom. The molecule has 30 heavy (non-hydrogen) atoms. The summed E-state index contributed by atoms with van der Waals surface area (Å²) in [4.78, 5) is 41.6. The van der Waals surface area contributed by atoms with Crippen LogP contribution in [-0.4, -0.2) is 48.4 Å². The zero-order valence-corrected chi connectivity index (χ0v) is 17.2. The van der Waals surface area contributed by atoms with E-state index in [1.54, 1.807) is 24.3 Å². The van der Waals surface area contributed by atoms with Gasteiger partial charge in [0.1, 0.15) is 12.4 Å². The molecule has 0 saturated heterocycles. The number of nitrogens with one attached hydrogen (secondary N) is 1.